The lowest BCUT2D eigenvalue weighted by atomic mass is 10.1. The van der Waals surface area contributed by atoms with Gasteiger partial charge in [0.15, 0.2) is 0 Å². The van der Waals surface area contributed by atoms with Gasteiger partial charge in [-0.15, -0.1) is 4.89 Å². The highest BCUT2D eigenvalue weighted by molar-refractivity contribution is 7.32. The lowest BCUT2D eigenvalue weighted by Gasteiger charge is -2.04. The Kier molecular flexibility index (Phi) is 5.60. The summed E-state index contributed by atoms with van der Waals surface area (Å²) in [5.41, 5.74) is 0. The van der Waals surface area contributed by atoms with Crippen LogP contribution in [-0.2, 0) is 9.09 Å². The number of rotatable bonds is 5. The molecule has 0 aliphatic rings. The molecule has 2 atom stereocenters. The molecule has 2 N–H and O–H groups in total. The van der Waals surface area contributed by atoms with Gasteiger partial charge in [-0.25, -0.2) is 0 Å². The van der Waals surface area contributed by atoms with Gasteiger partial charge in [-0.3, -0.25) is 0 Å². The lowest BCUT2D eigenvalue weighted by Crippen LogP contribution is -2.08. The molecular weight excluding hydrogens is 167 g/mol. The first-order chi connectivity index (χ1) is 5.02. The largest absolute Gasteiger partial charge is 0.697 e. The second kappa shape index (κ2) is 5.61. The summed E-state index contributed by atoms with van der Waals surface area (Å²) >= 11 is 0. The number of aliphatic hydroxyl groups excluding tert-OH is 1. The van der Waals surface area contributed by atoms with Crippen molar-refractivity contribution in [2.24, 2.45) is 5.92 Å². The van der Waals surface area contributed by atoms with Gasteiger partial charge in [0.2, 0.25) is 6.29 Å². The van der Waals surface area contributed by atoms with Crippen LogP contribution in [0.3, 0.4) is 0 Å². The predicted molar refractivity (Wildman–Crippen MR) is 41.0 cm³/mol. The Balaban J connectivity index is 3.37. The highest BCUT2D eigenvalue weighted by Gasteiger charge is 2.20. The van der Waals surface area contributed by atoms with Crippen molar-refractivity contribution in [1.29, 1.82) is 0 Å². The summed E-state index contributed by atoms with van der Waals surface area (Å²) in [5.74, 6) is 0.463. The zero-order valence-electron chi connectivity index (χ0n) is 6.73. The maximum atomic E-state index is 10.0. The molecule has 1 unspecified atom stereocenters. The van der Waals surface area contributed by atoms with Crippen molar-refractivity contribution in [1.82, 2.24) is 0 Å². The third-order valence-electron chi connectivity index (χ3n) is 1.20. The molecule has 5 heteroatoms. The Morgan fingerprint density at radius 3 is 2.36 bits per heavy atom. The van der Waals surface area contributed by atoms with Gasteiger partial charge in [-0.2, -0.15) is 0 Å². The summed E-state index contributed by atoms with van der Waals surface area (Å²) in [6.07, 6.45) is 0.0786. The Morgan fingerprint density at radius 1 is 1.45 bits per heavy atom. The monoisotopic (exact) mass is 181 g/mol. The van der Waals surface area contributed by atoms with Crippen LogP contribution in [0.25, 0.3) is 0 Å². The predicted octanol–water partition coefficient (Wildman–Crippen LogP) is 1.41. The molecule has 0 radical (unpaired) electrons. The fourth-order valence-corrected chi connectivity index (χ4v) is 0.946. The molecule has 0 aromatic rings. The lowest BCUT2D eigenvalue weighted by molar-refractivity contribution is -0.0274. The molecule has 0 saturated heterocycles. The van der Waals surface area contributed by atoms with Crippen molar-refractivity contribution >= 4 is 8.25 Å². The van der Waals surface area contributed by atoms with Gasteiger partial charge in [-0.1, -0.05) is 18.4 Å². The number of hydrogen-bond acceptors (Lipinski definition) is 3. The van der Waals surface area contributed by atoms with Crippen molar-refractivity contribution < 1.29 is 19.1 Å². The first kappa shape index (κ1) is 11.0. The minimum absolute atomic E-state index is 0.402. The van der Waals surface area contributed by atoms with Gasteiger partial charge in [0.1, 0.15) is 0 Å². The summed E-state index contributed by atoms with van der Waals surface area (Å²) in [6, 6.07) is 0. The van der Waals surface area contributed by atoms with E-state index in [1.807, 2.05) is 13.8 Å². The van der Waals surface area contributed by atoms with E-state index in [4.69, 9.17) is 10.00 Å². The molecular formula is C6H14O4P+. The summed E-state index contributed by atoms with van der Waals surface area (Å²) in [6.45, 7) is 4.01. The third-order valence-corrected chi connectivity index (χ3v) is 1.63. The summed E-state index contributed by atoms with van der Waals surface area (Å²) in [4.78, 5) is 8.22. The summed E-state index contributed by atoms with van der Waals surface area (Å²) < 4.78 is 14.2. The second-order valence-electron chi connectivity index (χ2n) is 2.77. The average Bonchev–Trinajstić information content (AvgIpc) is 1.82. The van der Waals surface area contributed by atoms with Crippen LogP contribution in [0.15, 0.2) is 0 Å². The second-order valence-corrected chi connectivity index (χ2v) is 3.46. The number of aliphatic hydroxyl groups is 1. The quantitative estimate of drug-likeness (QED) is 0.497. The molecule has 0 spiro atoms. The Morgan fingerprint density at radius 2 is 2.00 bits per heavy atom. The first-order valence-electron chi connectivity index (χ1n) is 3.53. The minimum Gasteiger partial charge on any atom is -0.364 e. The third kappa shape index (κ3) is 7.88. The van der Waals surface area contributed by atoms with Crippen LogP contribution >= 0.6 is 8.25 Å². The SMILES string of the molecule is CC(C)CC[C@@H](O)O[P+](=O)O. The van der Waals surface area contributed by atoms with Crippen molar-refractivity contribution in [2.45, 2.75) is 33.0 Å². The van der Waals surface area contributed by atoms with Crippen LogP contribution in [-0.4, -0.2) is 16.3 Å². The van der Waals surface area contributed by atoms with Crippen molar-refractivity contribution in [2.75, 3.05) is 0 Å². The van der Waals surface area contributed by atoms with Gasteiger partial charge < -0.3 is 5.11 Å². The van der Waals surface area contributed by atoms with E-state index in [0.29, 0.717) is 12.3 Å². The van der Waals surface area contributed by atoms with E-state index in [0.717, 1.165) is 6.42 Å². The number of hydrogen-bond donors (Lipinski definition) is 2. The van der Waals surface area contributed by atoms with Crippen LogP contribution in [0.4, 0.5) is 0 Å². The van der Waals surface area contributed by atoms with Gasteiger partial charge >= 0.3 is 8.25 Å². The van der Waals surface area contributed by atoms with E-state index < -0.39 is 14.5 Å². The van der Waals surface area contributed by atoms with Gasteiger partial charge in [0.05, 0.1) is 0 Å². The highest BCUT2D eigenvalue weighted by atomic mass is 31.1. The Hall–Kier alpha value is -0.0200. The fourth-order valence-electron chi connectivity index (χ4n) is 0.633. The molecule has 0 aromatic carbocycles. The van der Waals surface area contributed by atoms with E-state index in [1.165, 1.54) is 0 Å². The summed E-state index contributed by atoms with van der Waals surface area (Å²) in [7, 11) is -2.67. The van der Waals surface area contributed by atoms with Crippen LogP contribution < -0.4 is 0 Å². The minimum atomic E-state index is -2.67. The maximum absolute atomic E-state index is 10.0. The van der Waals surface area contributed by atoms with Crippen molar-refractivity contribution in [3.63, 3.8) is 0 Å². The van der Waals surface area contributed by atoms with Gasteiger partial charge in [0.25, 0.3) is 0 Å². The van der Waals surface area contributed by atoms with Crippen LogP contribution in [0.5, 0.6) is 0 Å². The first-order valence-corrected chi connectivity index (χ1v) is 4.66. The molecule has 0 aliphatic heterocycles. The Bertz CT molecular complexity index is 126. The van der Waals surface area contributed by atoms with Crippen molar-refractivity contribution in [3.05, 3.63) is 0 Å². The van der Waals surface area contributed by atoms with E-state index in [-0.39, 0.29) is 0 Å². The molecule has 0 aromatic heterocycles. The molecule has 0 aliphatic carbocycles. The molecule has 0 fully saturated rings. The van der Waals surface area contributed by atoms with Gasteiger partial charge in [0, 0.05) is 11.0 Å². The smallest absolute Gasteiger partial charge is 0.364 e. The average molecular weight is 181 g/mol. The van der Waals surface area contributed by atoms with Crippen LogP contribution in [0.2, 0.25) is 0 Å². The van der Waals surface area contributed by atoms with Gasteiger partial charge in [-0.05, 0) is 12.3 Å². The van der Waals surface area contributed by atoms with Crippen LogP contribution in [0, 0.1) is 5.92 Å². The summed E-state index contributed by atoms with van der Waals surface area (Å²) in [5, 5.41) is 8.90. The molecule has 0 saturated carbocycles. The molecule has 66 valence electrons. The molecule has 0 bridgehead atoms. The van der Waals surface area contributed by atoms with E-state index in [1.54, 1.807) is 0 Å². The van der Waals surface area contributed by atoms with E-state index in [2.05, 4.69) is 4.52 Å². The van der Waals surface area contributed by atoms with E-state index >= 15 is 0 Å². The Labute approximate surface area is 67.1 Å². The normalized spacial score (nSPS) is 15.2. The molecule has 4 nitrogen and oxygen atoms in total. The topological polar surface area (TPSA) is 66.8 Å². The molecule has 0 amide bonds. The highest BCUT2D eigenvalue weighted by Crippen LogP contribution is 2.20. The molecule has 0 rings (SSSR count). The molecule has 0 heterocycles. The molecule has 11 heavy (non-hydrogen) atoms. The maximum Gasteiger partial charge on any atom is 0.697 e. The van der Waals surface area contributed by atoms with E-state index in [9.17, 15) is 4.57 Å². The van der Waals surface area contributed by atoms with Crippen molar-refractivity contribution in [3.8, 4) is 0 Å². The standard InChI is InChI=1S/C6H13O4P/c1-5(2)3-4-6(7)10-11(8)9/h5-7H,3-4H2,1-2H3/p+1/t6-/m0/s1. The van der Waals surface area contributed by atoms with Crippen LogP contribution in [0.1, 0.15) is 26.7 Å². The zero-order valence-corrected chi connectivity index (χ0v) is 7.62. The fraction of sp³-hybridized carbons (Fsp3) is 1.00. The zero-order chi connectivity index (χ0) is 8.85.